The molecule has 0 radical (unpaired) electrons. The number of aryl methyl sites for hydroxylation is 1. The summed E-state index contributed by atoms with van der Waals surface area (Å²) >= 11 is 0. The lowest BCUT2D eigenvalue weighted by molar-refractivity contribution is -0.136. The van der Waals surface area contributed by atoms with E-state index in [1.807, 2.05) is 36.2 Å². The van der Waals surface area contributed by atoms with E-state index in [1.165, 1.54) is 17.5 Å². The molecule has 2 N–H and O–H groups in total. The van der Waals surface area contributed by atoms with Crippen LogP contribution in [-0.4, -0.2) is 41.3 Å². The number of carbonyl (C=O) groups excluding carboxylic acids is 2. The molecule has 2 heterocycles. The lowest BCUT2D eigenvalue weighted by atomic mass is 9.73. The van der Waals surface area contributed by atoms with Crippen LogP contribution >= 0.6 is 0 Å². The number of para-hydroxylation sites is 1. The van der Waals surface area contributed by atoms with Gasteiger partial charge in [-0.25, -0.2) is 0 Å². The third-order valence-corrected chi connectivity index (χ3v) is 7.62. The maximum atomic E-state index is 13.5. The normalized spacial score (nSPS) is 19.2. The van der Waals surface area contributed by atoms with Crippen molar-refractivity contribution < 1.29 is 9.59 Å². The summed E-state index contributed by atoms with van der Waals surface area (Å²) in [5.74, 6) is -0.108. The molecule has 5 heteroatoms. The molecule has 0 saturated carbocycles. The van der Waals surface area contributed by atoms with Gasteiger partial charge in [0, 0.05) is 36.1 Å². The van der Waals surface area contributed by atoms with Crippen molar-refractivity contribution in [3.63, 3.8) is 0 Å². The first kappa shape index (κ1) is 19.9. The molecule has 1 aliphatic carbocycles. The zero-order chi connectivity index (χ0) is 21.4. The molecule has 2 aromatic carbocycles. The number of carbonyl (C=O) groups is 2. The lowest BCUT2D eigenvalue weighted by Gasteiger charge is -2.41. The molecule has 1 aliphatic heterocycles. The topological polar surface area (TPSA) is 65.2 Å². The van der Waals surface area contributed by atoms with Gasteiger partial charge in [-0.05, 0) is 53.9 Å². The van der Waals surface area contributed by atoms with Crippen molar-refractivity contribution in [2.24, 2.45) is 0 Å². The van der Waals surface area contributed by atoms with Gasteiger partial charge < -0.3 is 15.2 Å². The van der Waals surface area contributed by atoms with E-state index < -0.39 is 6.04 Å². The predicted molar refractivity (Wildman–Crippen MR) is 122 cm³/mol. The van der Waals surface area contributed by atoms with Crippen LogP contribution < -0.4 is 5.32 Å². The second-order valence-corrected chi connectivity index (χ2v) is 9.10. The largest absolute Gasteiger partial charge is 0.361 e. The number of piperidine rings is 1. The molecule has 3 aromatic rings. The highest BCUT2D eigenvalue weighted by atomic mass is 16.2. The SMILES string of the molecule is CC(c1c[nH]c2ccccc12)C(NC=O)C(=O)N1CCC2(CCc3ccccc32)CC1. The molecule has 2 aliphatic rings. The molecule has 5 nitrogen and oxygen atoms in total. The van der Waals surface area contributed by atoms with Crippen LogP contribution in [0.5, 0.6) is 0 Å². The van der Waals surface area contributed by atoms with Crippen molar-refractivity contribution in [1.82, 2.24) is 15.2 Å². The standard InChI is InChI=1S/C26H29N3O2/c1-18(21-16-27-23-9-5-3-7-20(21)23)24(28-17-30)25(31)29-14-12-26(13-15-29)11-10-19-6-2-4-8-22(19)26/h2-9,16-18,24,27H,10-15H2,1H3,(H,28,30). The third-order valence-electron chi connectivity index (χ3n) is 7.62. The number of hydrogen-bond acceptors (Lipinski definition) is 2. The first-order valence-electron chi connectivity index (χ1n) is 11.3. The van der Waals surface area contributed by atoms with Crippen LogP contribution in [0, 0.1) is 0 Å². The van der Waals surface area contributed by atoms with Crippen molar-refractivity contribution >= 4 is 23.2 Å². The second-order valence-electron chi connectivity index (χ2n) is 9.10. The van der Waals surface area contributed by atoms with Gasteiger partial charge in [0.25, 0.3) is 0 Å². The number of aromatic nitrogens is 1. The van der Waals surface area contributed by atoms with Gasteiger partial charge in [-0.15, -0.1) is 0 Å². The summed E-state index contributed by atoms with van der Waals surface area (Å²) in [6.45, 7) is 3.50. The van der Waals surface area contributed by atoms with Crippen LogP contribution in [-0.2, 0) is 21.4 Å². The fourth-order valence-electron chi connectivity index (χ4n) is 5.79. The van der Waals surface area contributed by atoms with Crippen LogP contribution in [0.25, 0.3) is 10.9 Å². The minimum Gasteiger partial charge on any atom is -0.361 e. The van der Waals surface area contributed by atoms with E-state index in [1.54, 1.807) is 0 Å². The van der Waals surface area contributed by atoms with Crippen molar-refractivity contribution in [3.05, 3.63) is 71.4 Å². The molecule has 31 heavy (non-hydrogen) atoms. The highest BCUT2D eigenvalue weighted by molar-refractivity contribution is 5.88. The summed E-state index contributed by atoms with van der Waals surface area (Å²) in [6.07, 6.45) is 6.92. The molecule has 1 spiro atoms. The Balaban J connectivity index is 1.34. The van der Waals surface area contributed by atoms with E-state index in [4.69, 9.17) is 0 Å². The van der Waals surface area contributed by atoms with E-state index in [-0.39, 0.29) is 17.2 Å². The molecule has 5 rings (SSSR count). The number of likely N-dealkylation sites (tertiary alicyclic amines) is 1. The van der Waals surface area contributed by atoms with E-state index in [0.29, 0.717) is 6.41 Å². The molecular weight excluding hydrogens is 386 g/mol. The van der Waals surface area contributed by atoms with Gasteiger partial charge in [-0.2, -0.15) is 0 Å². The van der Waals surface area contributed by atoms with Crippen molar-refractivity contribution in [2.45, 2.75) is 50.0 Å². The van der Waals surface area contributed by atoms with Gasteiger partial charge in [0.1, 0.15) is 6.04 Å². The first-order valence-corrected chi connectivity index (χ1v) is 11.3. The van der Waals surface area contributed by atoms with E-state index >= 15 is 0 Å². The second kappa shape index (κ2) is 7.88. The first-order chi connectivity index (χ1) is 15.1. The van der Waals surface area contributed by atoms with Crippen molar-refractivity contribution in [3.8, 4) is 0 Å². The van der Waals surface area contributed by atoms with Crippen LogP contribution in [0.4, 0.5) is 0 Å². The number of aromatic amines is 1. The maximum absolute atomic E-state index is 13.5. The van der Waals surface area contributed by atoms with Gasteiger partial charge in [-0.1, -0.05) is 49.4 Å². The minimum atomic E-state index is -0.568. The quantitative estimate of drug-likeness (QED) is 0.621. The summed E-state index contributed by atoms with van der Waals surface area (Å²) < 4.78 is 0. The van der Waals surface area contributed by atoms with Crippen LogP contribution in [0.2, 0.25) is 0 Å². The number of hydrogen-bond donors (Lipinski definition) is 2. The Morgan fingerprint density at radius 1 is 1.10 bits per heavy atom. The Kier molecular flexibility index (Phi) is 5.05. The Morgan fingerprint density at radius 3 is 2.65 bits per heavy atom. The number of rotatable bonds is 5. The van der Waals surface area contributed by atoms with Crippen LogP contribution in [0.3, 0.4) is 0 Å². The predicted octanol–water partition coefficient (Wildman–Crippen LogP) is 3.89. The van der Waals surface area contributed by atoms with Gasteiger partial charge in [-0.3, -0.25) is 9.59 Å². The van der Waals surface area contributed by atoms with Gasteiger partial charge in [0.15, 0.2) is 0 Å². The summed E-state index contributed by atoms with van der Waals surface area (Å²) in [4.78, 5) is 30.1. The van der Waals surface area contributed by atoms with Crippen LogP contribution in [0.15, 0.2) is 54.7 Å². The summed E-state index contributed by atoms with van der Waals surface area (Å²) in [5.41, 5.74) is 5.26. The van der Waals surface area contributed by atoms with E-state index in [2.05, 4.69) is 40.6 Å². The smallest absolute Gasteiger partial charge is 0.245 e. The summed E-state index contributed by atoms with van der Waals surface area (Å²) in [5, 5.41) is 3.92. The molecule has 0 bridgehead atoms. The molecule has 1 saturated heterocycles. The fourth-order valence-corrected chi connectivity index (χ4v) is 5.79. The molecule has 2 amide bonds. The van der Waals surface area contributed by atoms with Gasteiger partial charge >= 0.3 is 0 Å². The summed E-state index contributed by atoms with van der Waals surface area (Å²) in [7, 11) is 0. The number of benzene rings is 2. The molecule has 1 fully saturated rings. The highest BCUT2D eigenvalue weighted by Gasteiger charge is 2.43. The lowest BCUT2D eigenvalue weighted by Crippen LogP contribution is -2.52. The van der Waals surface area contributed by atoms with Gasteiger partial charge in [0.2, 0.25) is 12.3 Å². The summed E-state index contributed by atoms with van der Waals surface area (Å²) in [6, 6.07) is 16.3. The number of H-pyrrole nitrogens is 1. The fraction of sp³-hybridized carbons (Fsp3) is 0.385. The van der Waals surface area contributed by atoms with Crippen molar-refractivity contribution in [2.75, 3.05) is 13.1 Å². The van der Waals surface area contributed by atoms with Gasteiger partial charge in [0.05, 0.1) is 0 Å². The molecule has 2 unspecified atom stereocenters. The maximum Gasteiger partial charge on any atom is 0.245 e. The molecule has 1 aromatic heterocycles. The number of nitrogens with one attached hydrogen (secondary N) is 2. The number of amides is 2. The Hall–Kier alpha value is -3.08. The average Bonchev–Trinajstić information content (AvgIpc) is 3.40. The molecule has 2 atom stereocenters. The number of fused-ring (bicyclic) bond motifs is 3. The third kappa shape index (κ3) is 3.32. The van der Waals surface area contributed by atoms with E-state index in [0.717, 1.165) is 48.8 Å². The average molecular weight is 416 g/mol. The highest BCUT2D eigenvalue weighted by Crippen LogP contribution is 2.46. The van der Waals surface area contributed by atoms with Crippen LogP contribution in [0.1, 0.15) is 48.8 Å². The van der Waals surface area contributed by atoms with E-state index in [9.17, 15) is 9.59 Å². The molecule has 160 valence electrons. The zero-order valence-corrected chi connectivity index (χ0v) is 17.9. The monoisotopic (exact) mass is 415 g/mol. The van der Waals surface area contributed by atoms with Crippen molar-refractivity contribution in [1.29, 1.82) is 0 Å². The molecular formula is C26H29N3O2. The Labute approximate surface area is 182 Å². The Bertz CT molecular complexity index is 1110. The number of nitrogens with zero attached hydrogens (tertiary/aromatic N) is 1. The zero-order valence-electron chi connectivity index (χ0n) is 17.9. The Morgan fingerprint density at radius 2 is 1.84 bits per heavy atom. The minimum absolute atomic E-state index is 0.0195.